The Morgan fingerprint density at radius 3 is 2.70 bits per heavy atom. The molecule has 0 fully saturated rings. The van der Waals surface area contributed by atoms with Crippen LogP contribution < -0.4 is 15.4 Å². The largest absolute Gasteiger partial charge is 0.478 e. The number of hydrogen-bond donors (Lipinski definition) is 2. The second kappa shape index (κ2) is 9.01. The van der Waals surface area contributed by atoms with Gasteiger partial charge in [-0.25, -0.2) is 4.79 Å². The van der Waals surface area contributed by atoms with Crippen molar-refractivity contribution in [1.82, 2.24) is 10.6 Å². The van der Waals surface area contributed by atoms with E-state index >= 15 is 0 Å². The molecule has 0 radical (unpaired) electrons. The molecular formula is C17H25N3O3. The predicted molar refractivity (Wildman–Crippen MR) is 88.1 cm³/mol. The lowest BCUT2D eigenvalue weighted by molar-refractivity contribution is 0.0523. The molecule has 1 aromatic carbocycles. The molecule has 23 heavy (non-hydrogen) atoms. The summed E-state index contributed by atoms with van der Waals surface area (Å²) in [5.74, 6) is 0.689. The number of para-hydroxylation sites is 1. The lowest BCUT2D eigenvalue weighted by Gasteiger charge is -2.21. The zero-order chi connectivity index (χ0) is 17.3. The number of rotatable bonds is 7. The maximum Gasteiger partial charge on any atom is 0.407 e. The van der Waals surface area contributed by atoms with Crippen molar-refractivity contribution in [3.05, 3.63) is 29.8 Å². The van der Waals surface area contributed by atoms with Gasteiger partial charge >= 0.3 is 6.09 Å². The van der Waals surface area contributed by atoms with E-state index in [0.717, 1.165) is 5.56 Å². The van der Waals surface area contributed by atoms with Crippen molar-refractivity contribution in [1.29, 1.82) is 5.26 Å². The summed E-state index contributed by atoms with van der Waals surface area (Å²) >= 11 is 0. The Morgan fingerprint density at radius 2 is 2.04 bits per heavy atom. The highest BCUT2D eigenvalue weighted by molar-refractivity contribution is 5.67. The van der Waals surface area contributed by atoms with Crippen LogP contribution in [0.4, 0.5) is 4.79 Å². The summed E-state index contributed by atoms with van der Waals surface area (Å²) in [4.78, 5) is 11.6. The highest BCUT2D eigenvalue weighted by atomic mass is 16.6. The van der Waals surface area contributed by atoms with Gasteiger partial charge in [0, 0.05) is 24.7 Å². The van der Waals surface area contributed by atoms with Gasteiger partial charge in [0.2, 0.25) is 0 Å². The van der Waals surface area contributed by atoms with E-state index in [1.165, 1.54) is 0 Å². The molecule has 2 N–H and O–H groups in total. The molecule has 0 aromatic heterocycles. The third-order valence-corrected chi connectivity index (χ3v) is 2.86. The molecule has 1 atom stereocenters. The first-order chi connectivity index (χ1) is 10.8. The molecule has 0 heterocycles. The van der Waals surface area contributed by atoms with E-state index in [1.807, 2.05) is 58.0 Å². The first-order valence-electron chi connectivity index (χ1n) is 7.59. The number of nitrogens with zero attached hydrogens (tertiary/aromatic N) is 1. The van der Waals surface area contributed by atoms with E-state index < -0.39 is 11.7 Å². The molecule has 0 aliphatic carbocycles. The number of carbonyl (C=O) groups excluding carboxylic acids is 1. The van der Waals surface area contributed by atoms with Crippen LogP contribution in [-0.2, 0) is 11.3 Å². The normalized spacial score (nSPS) is 12.1. The fourth-order valence-electron chi connectivity index (χ4n) is 1.81. The number of carbonyl (C=O) groups is 1. The molecule has 0 bridgehead atoms. The van der Waals surface area contributed by atoms with Crippen molar-refractivity contribution < 1.29 is 14.3 Å². The molecular weight excluding hydrogens is 294 g/mol. The van der Waals surface area contributed by atoms with E-state index in [0.29, 0.717) is 18.8 Å². The lowest BCUT2D eigenvalue weighted by Crippen LogP contribution is -2.41. The first-order valence-corrected chi connectivity index (χ1v) is 7.59. The first kappa shape index (κ1) is 18.8. The van der Waals surface area contributed by atoms with E-state index in [-0.39, 0.29) is 12.6 Å². The minimum absolute atomic E-state index is 0.0206. The van der Waals surface area contributed by atoms with Gasteiger partial charge in [-0.2, -0.15) is 5.26 Å². The Morgan fingerprint density at radius 1 is 1.35 bits per heavy atom. The maximum absolute atomic E-state index is 11.6. The Balaban J connectivity index is 2.40. The van der Waals surface area contributed by atoms with Gasteiger partial charge in [-0.05, 0) is 33.8 Å². The van der Waals surface area contributed by atoms with Crippen molar-refractivity contribution in [3.63, 3.8) is 0 Å². The number of nitriles is 1. The van der Waals surface area contributed by atoms with Crippen molar-refractivity contribution in [3.8, 4) is 11.8 Å². The Bertz CT molecular complexity index is 547. The van der Waals surface area contributed by atoms with Crippen LogP contribution in [-0.4, -0.2) is 30.9 Å². The van der Waals surface area contributed by atoms with Crippen LogP contribution >= 0.6 is 0 Å². The summed E-state index contributed by atoms with van der Waals surface area (Å²) in [6.45, 7) is 8.50. The molecule has 1 rings (SSSR count). The lowest BCUT2D eigenvalue weighted by atomic mass is 10.2. The molecule has 1 amide bonds. The van der Waals surface area contributed by atoms with E-state index in [1.54, 1.807) is 0 Å². The molecule has 0 aliphatic heterocycles. The summed E-state index contributed by atoms with van der Waals surface area (Å²) in [6, 6.07) is 9.57. The van der Waals surface area contributed by atoms with Crippen LogP contribution in [0.2, 0.25) is 0 Å². The third kappa shape index (κ3) is 8.07. The van der Waals surface area contributed by atoms with Crippen LogP contribution in [0.25, 0.3) is 0 Å². The minimum atomic E-state index is -0.502. The van der Waals surface area contributed by atoms with Crippen LogP contribution in [0.3, 0.4) is 0 Å². The van der Waals surface area contributed by atoms with Crippen LogP contribution in [0, 0.1) is 11.3 Å². The zero-order valence-electron chi connectivity index (χ0n) is 14.2. The minimum Gasteiger partial charge on any atom is -0.478 e. The van der Waals surface area contributed by atoms with Crippen LogP contribution in [0.15, 0.2) is 24.3 Å². The quantitative estimate of drug-likeness (QED) is 0.807. The Kier molecular flexibility index (Phi) is 7.36. The molecule has 0 aliphatic rings. The van der Waals surface area contributed by atoms with Gasteiger partial charge in [-0.15, -0.1) is 0 Å². The van der Waals surface area contributed by atoms with Gasteiger partial charge in [-0.3, -0.25) is 0 Å². The van der Waals surface area contributed by atoms with E-state index in [2.05, 4.69) is 10.6 Å². The predicted octanol–water partition coefficient (Wildman–Crippen LogP) is 2.59. The van der Waals surface area contributed by atoms with Crippen molar-refractivity contribution in [2.45, 2.75) is 45.9 Å². The average molecular weight is 319 g/mol. The number of benzene rings is 1. The average Bonchev–Trinajstić information content (AvgIpc) is 2.48. The monoisotopic (exact) mass is 319 g/mol. The number of hydrogen-bond acceptors (Lipinski definition) is 5. The highest BCUT2D eigenvalue weighted by Crippen LogP contribution is 2.17. The number of ether oxygens (including phenoxy) is 2. The molecule has 6 nitrogen and oxygen atoms in total. The van der Waals surface area contributed by atoms with E-state index in [4.69, 9.17) is 14.7 Å². The van der Waals surface area contributed by atoms with Gasteiger partial charge in [-0.1, -0.05) is 18.2 Å². The summed E-state index contributed by atoms with van der Waals surface area (Å²) in [6.07, 6.45) is -0.427. The molecule has 1 aromatic rings. The second-order valence-electron chi connectivity index (χ2n) is 6.22. The van der Waals surface area contributed by atoms with E-state index in [9.17, 15) is 4.79 Å². The summed E-state index contributed by atoms with van der Waals surface area (Å²) in [7, 11) is 0. The Hall–Kier alpha value is -2.26. The van der Waals surface area contributed by atoms with Gasteiger partial charge < -0.3 is 20.1 Å². The SMILES string of the molecule is CC(CNC(=O)OC(C)(C)C)NCc1ccccc1OCC#N. The van der Waals surface area contributed by atoms with Crippen molar-refractivity contribution in [2.75, 3.05) is 13.2 Å². The topological polar surface area (TPSA) is 83.4 Å². The van der Waals surface area contributed by atoms with Crippen LogP contribution in [0.5, 0.6) is 5.75 Å². The summed E-state index contributed by atoms with van der Waals surface area (Å²) in [5, 5.41) is 14.6. The summed E-state index contributed by atoms with van der Waals surface area (Å²) in [5.41, 5.74) is 0.462. The number of alkyl carbamates (subject to hydrolysis) is 1. The van der Waals surface area contributed by atoms with Crippen molar-refractivity contribution >= 4 is 6.09 Å². The van der Waals surface area contributed by atoms with Crippen molar-refractivity contribution in [2.24, 2.45) is 0 Å². The Labute approximate surface area is 137 Å². The highest BCUT2D eigenvalue weighted by Gasteiger charge is 2.16. The number of amides is 1. The molecule has 0 saturated carbocycles. The molecule has 1 unspecified atom stereocenters. The smallest absolute Gasteiger partial charge is 0.407 e. The third-order valence-electron chi connectivity index (χ3n) is 2.86. The molecule has 126 valence electrons. The maximum atomic E-state index is 11.6. The number of nitrogens with one attached hydrogen (secondary N) is 2. The fraction of sp³-hybridized carbons (Fsp3) is 0.529. The van der Waals surface area contributed by atoms with Gasteiger partial charge in [0.05, 0.1) is 0 Å². The standard InChI is InChI=1S/C17H25N3O3/c1-13(11-20-16(21)23-17(2,3)4)19-12-14-7-5-6-8-15(14)22-10-9-18/h5-8,13,19H,10-12H2,1-4H3,(H,20,21). The van der Waals surface area contributed by atoms with Gasteiger partial charge in [0.1, 0.15) is 17.4 Å². The summed E-state index contributed by atoms with van der Waals surface area (Å²) < 4.78 is 10.6. The van der Waals surface area contributed by atoms with Crippen LogP contribution in [0.1, 0.15) is 33.3 Å². The van der Waals surface area contributed by atoms with Gasteiger partial charge in [0.25, 0.3) is 0 Å². The second-order valence-corrected chi connectivity index (χ2v) is 6.22. The molecule has 0 spiro atoms. The fourth-order valence-corrected chi connectivity index (χ4v) is 1.81. The molecule has 0 saturated heterocycles. The zero-order valence-corrected chi connectivity index (χ0v) is 14.2. The van der Waals surface area contributed by atoms with Gasteiger partial charge in [0.15, 0.2) is 6.61 Å². The molecule has 6 heteroatoms.